The molecule has 8 heteroatoms. The number of hydrogen-bond donors (Lipinski definition) is 3. The number of aliphatic carboxylic acids is 1. The predicted molar refractivity (Wildman–Crippen MR) is 107 cm³/mol. The van der Waals surface area contributed by atoms with E-state index in [9.17, 15) is 19.5 Å². The fraction of sp³-hybridized carbons (Fsp3) is 0.750. The molecule has 1 fully saturated rings. The summed E-state index contributed by atoms with van der Waals surface area (Å²) in [5.41, 5.74) is 6.54. The van der Waals surface area contributed by atoms with E-state index in [2.05, 4.69) is 10.2 Å². The summed E-state index contributed by atoms with van der Waals surface area (Å²) in [5, 5.41) is 12.4. The number of carbonyl (C=O) groups excluding carboxylic acids is 2. The zero-order chi connectivity index (χ0) is 20.8. The Bertz CT molecular complexity index is 621. The van der Waals surface area contributed by atoms with Crippen molar-refractivity contribution in [2.45, 2.75) is 77.0 Å². The van der Waals surface area contributed by atoms with Crippen molar-refractivity contribution in [1.29, 1.82) is 0 Å². The standard InChI is InChI=1S/C20H34N4O4/c1-4-7-18(26)24(5-2)15-8-6-9-23(12-15)17-11-14(20(27)28)10-16(21)19(17)22-13(3)25/h11,15-17,19H,4-10,12,21H2,1-3H3,(H,22,25)(H,27,28)/t15-,16+,17-,19-/m1/s1. The van der Waals surface area contributed by atoms with Gasteiger partial charge in [0.2, 0.25) is 11.8 Å². The predicted octanol–water partition coefficient (Wildman–Crippen LogP) is 0.715. The number of carboxylic acid groups (broad SMARTS) is 1. The Morgan fingerprint density at radius 2 is 2.07 bits per heavy atom. The summed E-state index contributed by atoms with van der Waals surface area (Å²) in [6, 6.07) is -1.01. The Balaban J connectivity index is 2.25. The van der Waals surface area contributed by atoms with E-state index >= 15 is 0 Å². The van der Waals surface area contributed by atoms with Crippen LogP contribution in [-0.4, -0.2) is 76.5 Å². The lowest BCUT2D eigenvalue weighted by molar-refractivity contribution is -0.134. The van der Waals surface area contributed by atoms with Crippen LogP contribution in [0.4, 0.5) is 0 Å². The molecule has 1 aliphatic carbocycles. The first-order valence-electron chi connectivity index (χ1n) is 10.3. The second-order valence-corrected chi connectivity index (χ2v) is 7.80. The van der Waals surface area contributed by atoms with E-state index in [0.717, 1.165) is 25.8 Å². The van der Waals surface area contributed by atoms with E-state index < -0.39 is 12.0 Å². The summed E-state index contributed by atoms with van der Waals surface area (Å²) < 4.78 is 0. The van der Waals surface area contributed by atoms with Crippen LogP contribution in [0.25, 0.3) is 0 Å². The first-order valence-corrected chi connectivity index (χ1v) is 10.3. The van der Waals surface area contributed by atoms with Crippen LogP contribution in [0.15, 0.2) is 11.6 Å². The average molecular weight is 395 g/mol. The van der Waals surface area contributed by atoms with E-state index in [-0.39, 0.29) is 41.9 Å². The Morgan fingerprint density at radius 3 is 2.64 bits per heavy atom. The maximum absolute atomic E-state index is 12.5. The number of likely N-dealkylation sites (N-methyl/N-ethyl adjacent to an activating group) is 1. The molecule has 0 radical (unpaired) electrons. The lowest BCUT2D eigenvalue weighted by Gasteiger charge is -2.46. The van der Waals surface area contributed by atoms with Gasteiger partial charge in [-0.05, 0) is 39.2 Å². The van der Waals surface area contributed by atoms with E-state index in [0.29, 0.717) is 19.5 Å². The molecule has 4 atom stereocenters. The molecular formula is C20H34N4O4. The number of nitrogens with one attached hydrogen (secondary N) is 1. The first-order chi connectivity index (χ1) is 13.3. The Morgan fingerprint density at radius 1 is 1.36 bits per heavy atom. The Hall–Kier alpha value is -1.93. The number of hydrogen-bond acceptors (Lipinski definition) is 5. The lowest BCUT2D eigenvalue weighted by Crippen LogP contribution is -2.63. The smallest absolute Gasteiger partial charge is 0.331 e. The minimum absolute atomic E-state index is 0.0932. The van der Waals surface area contributed by atoms with Gasteiger partial charge in [-0.25, -0.2) is 4.79 Å². The van der Waals surface area contributed by atoms with Crippen molar-refractivity contribution in [1.82, 2.24) is 15.1 Å². The van der Waals surface area contributed by atoms with Gasteiger partial charge in [0.15, 0.2) is 0 Å². The number of piperidine rings is 1. The van der Waals surface area contributed by atoms with Gasteiger partial charge in [-0.3, -0.25) is 14.5 Å². The second kappa shape index (κ2) is 10.0. The molecule has 0 spiro atoms. The van der Waals surface area contributed by atoms with Gasteiger partial charge in [-0.1, -0.05) is 13.0 Å². The maximum Gasteiger partial charge on any atom is 0.331 e. The van der Waals surface area contributed by atoms with Gasteiger partial charge >= 0.3 is 5.97 Å². The number of nitrogens with zero attached hydrogens (tertiary/aromatic N) is 2. The summed E-state index contributed by atoms with van der Waals surface area (Å²) in [6.07, 6.45) is 5.16. The van der Waals surface area contributed by atoms with Crippen molar-refractivity contribution in [2.24, 2.45) is 5.73 Å². The van der Waals surface area contributed by atoms with Crippen LogP contribution in [0, 0.1) is 0 Å². The van der Waals surface area contributed by atoms with Crippen molar-refractivity contribution >= 4 is 17.8 Å². The number of carboxylic acids is 1. The number of amides is 2. The molecule has 1 saturated heterocycles. The first kappa shape index (κ1) is 22.4. The van der Waals surface area contributed by atoms with Crippen LogP contribution < -0.4 is 11.1 Å². The lowest BCUT2D eigenvalue weighted by atomic mass is 9.85. The molecule has 28 heavy (non-hydrogen) atoms. The highest BCUT2D eigenvalue weighted by atomic mass is 16.4. The fourth-order valence-corrected chi connectivity index (χ4v) is 4.43. The molecule has 0 aromatic rings. The number of nitrogens with two attached hydrogens (primary N) is 1. The van der Waals surface area contributed by atoms with Gasteiger partial charge < -0.3 is 21.1 Å². The van der Waals surface area contributed by atoms with Crippen LogP contribution in [0.2, 0.25) is 0 Å². The Kier molecular flexibility index (Phi) is 8.00. The molecule has 0 aromatic carbocycles. The van der Waals surface area contributed by atoms with Crippen LogP contribution >= 0.6 is 0 Å². The highest BCUT2D eigenvalue weighted by molar-refractivity contribution is 5.87. The summed E-state index contributed by atoms with van der Waals surface area (Å²) in [5.74, 6) is -0.986. The number of carbonyl (C=O) groups is 3. The van der Waals surface area contributed by atoms with Crippen molar-refractivity contribution in [3.8, 4) is 0 Å². The second-order valence-electron chi connectivity index (χ2n) is 7.80. The molecule has 0 aromatic heterocycles. The fourth-order valence-electron chi connectivity index (χ4n) is 4.43. The van der Waals surface area contributed by atoms with Crippen LogP contribution in [0.3, 0.4) is 0 Å². The van der Waals surface area contributed by atoms with Crippen LogP contribution in [-0.2, 0) is 14.4 Å². The zero-order valence-electron chi connectivity index (χ0n) is 17.2. The molecule has 0 bridgehead atoms. The van der Waals surface area contributed by atoms with Gasteiger partial charge in [0.1, 0.15) is 0 Å². The maximum atomic E-state index is 12.5. The SMILES string of the molecule is CCCC(=O)N(CC)[C@@H]1CCCN([C@@H]2C=C(C(=O)O)C[C@H](N)[C@H]2NC(C)=O)C1. The highest BCUT2D eigenvalue weighted by Crippen LogP contribution is 2.27. The molecular weight excluding hydrogens is 360 g/mol. The van der Waals surface area contributed by atoms with Crippen LogP contribution in [0.1, 0.15) is 52.9 Å². The molecule has 2 amide bonds. The van der Waals surface area contributed by atoms with Crippen molar-refractivity contribution in [3.63, 3.8) is 0 Å². The minimum Gasteiger partial charge on any atom is -0.478 e. The summed E-state index contributed by atoms with van der Waals surface area (Å²) in [6.45, 7) is 7.53. The third-order valence-corrected chi connectivity index (χ3v) is 5.72. The molecule has 0 unspecified atom stereocenters. The quantitative estimate of drug-likeness (QED) is 0.586. The van der Waals surface area contributed by atoms with E-state index in [1.54, 1.807) is 6.08 Å². The van der Waals surface area contributed by atoms with Crippen molar-refractivity contribution in [3.05, 3.63) is 11.6 Å². The zero-order valence-corrected chi connectivity index (χ0v) is 17.2. The minimum atomic E-state index is -0.969. The Labute approximate surface area is 167 Å². The largest absolute Gasteiger partial charge is 0.478 e. The average Bonchev–Trinajstić information content (AvgIpc) is 2.64. The summed E-state index contributed by atoms with van der Waals surface area (Å²) in [4.78, 5) is 39.9. The highest BCUT2D eigenvalue weighted by Gasteiger charge is 2.39. The third-order valence-electron chi connectivity index (χ3n) is 5.72. The molecule has 2 rings (SSSR count). The number of rotatable bonds is 7. The molecule has 0 saturated carbocycles. The van der Waals surface area contributed by atoms with E-state index in [1.807, 2.05) is 18.7 Å². The van der Waals surface area contributed by atoms with E-state index in [4.69, 9.17) is 5.73 Å². The summed E-state index contributed by atoms with van der Waals surface area (Å²) >= 11 is 0. The molecule has 158 valence electrons. The summed E-state index contributed by atoms with van der Waals surface area (Å²) in [7, 11) is 0. The normalized spacial score (nSPS) is 28.4. The molecule has 1 heterocycles. The van der Waals surface area contributed by atoms with Gasteiger partial charge in [-0.2, -0.15) is 0 Å². The third kappa shape index (κ3) is 5.32. The molecule has 8 nitrogen and oxygen atoms in total. The van der Waals surface area contributed by atoms with Gasteiger partial charge in [-0.15, -0.1) is 0 Å². The van der Waals surface area contributed by atoms with Crippen molar-refractivity contribution in [2.75, 3.05) is 19.6 Å². The molecule has 4 N–H and O–H groups in total. The topological polar surface area (TPSA) is 116 Å². The number of likely N-dealkylation sites (tertiary alicyclic amines) is 1. The van der Waals surface area contributed by atoms with Crippen molar-refractivity contribution < 1.29 is 19.5 Å². The molecule has 2 aliphatic rings. The van der Waals surface area contributed by atoms with Gasteiger partial charge in [0.05, 0.1) is 12.1 Å². The van der Waals surface area contributed by atoms with Gasteiger partial charge in [0, 0.05) is 44.1 Å². The van der Waals surface area contributed by atoms with Gasteiger partial charge in [0.25, 0.3) is 0 Å². The van der Waals surface area contributed by atoms with Crippen LogP contribution in [0.5, 0.6) is 0 Å². The monoisotopic (exact) mass is 394 g/mol. The molecule has 1 aliphatic heterocycles. The van der Waals surface area contributed by atoms with E-state index in [1.165, 1.54) is 6.92 Å².